The second-order valence-electron chi connectivity index (χ2n) is 6.07. The van der Waals surface area contributed by atoms with Crippen molar-refractivity contribution in [3.63, 3.8) is 0 Å². The standard InChI is InChI=1S/C14H23N/c1-7-5-10(9(3)15-4)11-6-12(11)14-8(2)13(7)14/h7-9,12-15H,5-6H2,1-4H3/t7?,8?,9?,12?,13-,14?/m1/s1. The summed E-state index contributed by atoms with van der Waals surface area (Å²) in [4.78, 5) is 0. The molecule has 2 fully saturated rings. The van der Waals surface area contributed by atoms with E-state index < -0.39 is 0 Å². The molecule has 1 N–H and O–H groups in total. The van der Waals surface area contributed by atoms with Crippen LogP contribution in [0.3, 0.4) is 0 Å². The van der Waals surface area contributed by atoms with E-state index in [9.17, 15) is 0 Å². The fraction of sp³-hybridized carbons (Fsp3) is 0.857. The molecule has 0 bridgehead atoms. The van der Waals surface area contributed by atoms with Crippen LogP contribution in [0.25, 0.3) is 0 Å². The molecule has 1 heteroatoms. The highest BCUT2D eigenvalue weighted by Gasteiger charge is 2.60. The lowest BCUT2D eigenvalue weighted by Gasteiger charge is -2.19. The number of rotatable bonds is 2. The lowest BCUT2D eigenvalue weighted by molar-refractivity contribution is 0.446. The summed E-state index contributed by atoms with van der Waals surface area (Å²) in [6.45, 7) is 7.26. The van der Waals surface area contributed by atoms with Gasteiger partial charge < -0.3 is 5.32 Å². The lowest BCUT2D eigenvalue weighted by atomic mass is 9.92. The molecule has 3 rings (SSSR count). The highest BCUT2D eigenvalue weighted by atomic mass is 14.9. The number of nitrogens with one attached hydrogen (secondary N) is 1. The second-order valence-corrected chi connectivity index (χ2v) is 6.07. The maximum absolute atomic E-state index is 3.42. The van der Waals surface area contributed by atoms with Crippen LogP contribution in [0.2, 0.25) is 0 Å². The van der Waals surface area contributed by atoms with E-state index in [0.717, 1.165) is 29.6 Å². The van der Waals surface area contributed by atoms with Crippen molar-refractivity contribution in [1.29, 1.82) is 0 Å². The Balaban J connectivity index is 1.86. The fourth-order valence-electron chi connectivity index (χ4n) is 4.22. The van der Waals surface area contributed by atoms with Crippen molar-refractivity contribution in [2.45, 2.75) is 39.7 Å². The van der Waals surface area contributed by atoms with Gasteiger partial charge in [-0.3, -0.25) is 0 Å². The Kier molecular flexibility index (Phi) is 2.04. The number of fused-ring (bicyclic) bond motifs is 3. The third kappa shape index (κ3) is 1.32. The minimum absolute atomic E-state index is 0.611. The Bertz CT molecular complexity index is 317. The maximum atomic E-state index is 3.42. The van der Waals surface area contributed by atoms with Crippen LogP contribution in [-0.2, 0) is 0 Å². The zero-order valence-electron chi connectivity index (χ0n) is 10.4. The molecule has 0 saturated heterocycles. The van der Waals surface area contributed by atoms with Gasteiger partial charge in [0.1, 0.15) is 0 Å². The summed E-state index contributed by atoms with van der Waals surface area (Å²) in [5, 5.41) is 3.42. The Morgan fingerprint density at radius 3 is 2.60 bits per heavy atom. The van der Waals surface area contributed by atoms with Gasteiger partial charge in [-0.15, -0.1) is 0 Å². The maximum Gasteiger partial charge on any atom is 0.0250 e. The molecule has 15 heavy (non-hydrogen) atoms. The van der Waals surface area contributed by atoms with Crippen molar-refractivity contribution in [2.24, 2.45) is 29.6 Å². The first-order valence-electron chi connectivity index (χ1n) is 6.54. The molecule has 0 spiro atoms. The van der Waals surface area contributed by atoms with Crippen molar-refractivity contribution in [3.8, 4) is 0 Å². The molecule has 0 aromatic rings. The van der Waals surface area contributed by atoms with Crippen LogP contribution in [-0.4, -0.2) is 13.1 Å². The Morgan fingerprint density at radius 2 is 1.93 bits per heavy atom. The summed E-state index contributed by atoms with van der Waals surface area (Å²) in [5.74, 6) is 5.07. The van der Waals surface area contributed by atoms with E-state index in [0.29, 0.717) is 6.04 Å². The van der Waals surface area contributed by atoms with Gasteiger partial charge in [-0.25, -0.2) is 0 Å². The summed E-state index contributed by atoms with van der Waals surface area (Å²) in [5.41, 5.74) is 3.59. The monoisotopic (exact) mass is 205 g/mol. The molecule has 1 nitrogen and oxygen atoms in total. The summed E-state index contributed by atoms with van der Waals surface area (Å²) < 4.78 is 0. The zero-order valence-corrected chi connectivity index (χ0v) is 10.4. The molecule has 3 aliphatic rings. The van der Waals surface area contributed by atoms with Crippen molar-refractivity contribution >= 4 is 0 Å². The Hall–Kier alpha value is -0.300. The summed E-state index contributed by atoms with van der Waals surface area (Å²) in [6.07, 6.45) is 2.79. The first kappa shape index (κ1) is 9.89. The van der Waals surface area contributed by atoms with Crippen LogP contribution in [0.4, 0.5) is 0 Å². The lowest BCUT2D eigenvalue weighted by Crippen LogP contribution is -2.25. The van der Waals surface area contributed by atoms with Crippen LogP contribution in [0.5, 0.6) is 0 Å². The molecule has 3 aliphatic carbocycles. The molecular formula is C14H23N. The Morgan fingerprint density at radius 1 is 1.20 bits per heavy atom. The number of allylic oxidation sites excluding steroid dienone is 1. The predicted octanol–water partition coefficient (Wildman–Crippen LogP) is 2.83. The minimum Gasteiger partial charge on any atom is -0.314 e. The fourth-order valence-corrected chi connectivity index (χ4v) is 4.22. The van der Waals surface area contributed by atoms with Crippen LogP contribution in [0.1, 0.15) is 33.6 Å². The molecule has 0 aromatic heterocycles. The number of hydrogen-bond acceptors (Lipinski definition) is 1. The topological polar surface area (TPSA) is 12.0 Å². The summed E-state index contributed by atoms with van der Waals surface area (Å²) in [7, 11) is 2.09. The van der Waals surface area contributed by atoms with Crippen LogP contribution in [0, 0.1) is 29.6 Å². The van der Waals surface area contributed by atoms with Gasteiger partial charge in [-0.1, -0.05) is 25.0 Å². The molecule has 0 radical (unpaired) electrons. The third-order valence-corrected chi connectivity index (χ3v) is 5.28. The molecule has 6 atom stereocenters. The van der Waals surface area contributed by atoms with E-state index in [1.807, 2.05) is 5.57 Å². The van der Waals surface area contributed by atoms with Gasteiger partial charge >= 0.3 is 0 Å². The third-order valence-electron chi connectivity index (χ3n) is 5.28. The predicted molar refractivity (Wildman–Crippen MR) is 63.6 cm³/mol. The highest BCUT2D eigenvalue weighted by molar-refractivity contribution is 5.38. The largest absolute Gasteiger partial charge is 0.314 e. The van der Waals surface area contributed by atoms with Gasteiger partial charge in [0.05, 0.1) is 0 Å². The summed E-state index contributed by atoms with van der Waals surface area (Å²) >= 11 is 0. The first-order valence-corrected chi connectivity index (χ1v) is 6.54. The average molecular weight is 205 g/mol. The number of hydrogen-bond donors (Lipinski definition) is 1. The van der Waals surface area contributed by atoms with Gasteiger partial charge in [0.15, 0.2) is 0 Å². The molecule has 2 saturated carbocycles. The van der Waals surface area contributed by atoms with Crippen molar-refractivity contribution < 1.29 is 0 Å². The smallest absolute Gasteiger partial charge is 0.0250 e. The zero-order chi connectivity index (χ0) is 10.7. The molecule has 0 aromatic carbocycles. The van der Waals surface area contributed by atoms with E-state index in [-0.39, 0.29) is 0 Å². The highest BCUT2D eigenvalue weighted by Crippen LogP contribution is 2.67. The average Bonchev–Trinajstić information content (AvgIpc) is 3.05. The van der Waals surface area contributed by atoms with Gasteiger partial charge in [0, 0.05) is 6.04 Å². The SMILES string of the molecule is CNC(C)C1=C2CC2C2C(C)[C@H]2C(C)C1. The van der Waals surface area contributed by atoms with Crippen LogP contribution in [0.15, 0.2) is 11.1 Å². The molecule has 0 heterocycles. The van der Waals surface area contributed by atoms with E-state index in [1.165, 1.54) is 12.8 Å². The number of likely N-dealkylation sites (N-methyl/N-ethyl adjacent to an activating group) is 1. The quantitative estimate of drug-likeness (QED) is 0.684. The minimum atomic E-state index is 0.611. The van der Waals surface area contributed by atoms with E-state index in [2.05, 4.69) is 33.1 Å². The van der Waals surface area contributed by atoms with E-state index in [1.54, 1.807) is 5.57 Å². The Labute approximate surface area is 93.3 Å². The van der Waals surface area contributed by atoms with Crippen molar-refractivity contribution in [3.05, 3.63) is 11.1 Å². The molecular weight excluding hydrogens is 182 g/mol. The molecule has 0 amide bonds. The summed E-state index contributed by atoms with van der Waals surface area (Å²) in [6, 6.07) is 0.611. The van der Waals surface area contributed by atoms with Crippen molar-refractivity contribution in [1.82, 2.24) is 5.32 Å². The van der Waals surface area contributed by atoms with E-state index >= 15 is 0 Å². The normalized spacial score (nSPS) is 49.2. The first-order chi connectivity index (χ1) is 7.15. The molecule has 84 valence electrons. The van der Waals surface area contributed by atoms with Crippen molar-refractivity contribution in [2.75, 3.05) is 7.05 Å². The molecule has 0 aliphatic heterocycles. The van der Waals surface area contributed by atoms with Gasteiger partial charge in [-0.05, 0) is 56.4 Å². The van der Waals surface area contributed by atoms with Gasteiger partial charge in [-0.2, -0.15) is 0 Å². The second kappa shape index (κ2) is 3.10. The van der Waals surface area contributed by atoms with E-state index in [4.69, 9.17) is 0 Å². The van der Waals surface area contributed by atoms with Crippen LogP contribution < -0.4 is 5.32 Å². The molecule has 5 unspecified atom stereocenters. The van der Waals surface area contributed by atoms with Crippen LogP contribution >= 0.6 is 0 Å². The van der Waals surface area contributed by atoms with Gasteiger partial charge in [0.25, 0.3) is 0 Å². The van der Waals surface area contributed by atoms with Gasteiger partial charge in [0.2, 0.25) is 0 Å².